The van der Waals surface area contributed by atoms with Crippen molar-refractivity contribution in [1.82, 2.24) is 4.90 Å². The summed E-state index contributed by atoms with van der Waals surface area (Å²) in [6.45, 7) is 0.999. The summed E-state index contributed by atoms with van der Waals surface area (Å²) in [5, 5.41) is 21.8. The predicted molar refractivity (Wildman–Crippen MR) is 87.3 cm³/mol. The first-order valence-electron chi connectivity index (χ1n) is 8.96. The van der Waals surface area contributed by atoms with Gasteiger partial charge in [0.1, 0.15) is 0 Å². The standard InChI is InChI=1S/C19H23NO4/c1-20(9-10-2-3-10)14-8-11-4-5-12(21)17-15(11)16-18(24-17)13(22)6-7-19(14,16)23/h4-5,10,14,16,18,21,23H,2-3,6-9H2,1H3/t14?,16-,18-,19+/m0/s1. The molecule has 1 unspecified atom stereocenters. The molecule has 4 atom stereocenters. The van der Waals surface area contributed by atoms with Crippen LogP contribution in [0.5, 0.6) is 11.5 Å². The van der Waals surface area contributed by atoms with Gasteiger partial charge in [-0.1, -0.05) is 6.07 Å². The highest BCUT2D eigenvalue weighted by Crippen LogP contribution is 2.58. The molecule has 1 aromatic rings. The van der Waals surface area contributed by atoms with Gasteiger partial charge < -0.3 is 14.9 Å². The molecule has 0 radical (unpaired) electrons. The van der Waals surface area contributed by atoms with E-state index in [9.17, 15) is 15.0 Å². The van der Waals surface area contributed by atoms with E-state index in [4.69, 9.17) is 4.74 Å². The summed E-state index contributed by atoms with van der Waals surface area (Å²) in [6.07, 6.45) is 3.46. The number of Topliss-reactive ketones (excluding diaryl/α,β-unsaturated/α-hetero) is 1. The molecule has 0 spiro atoms. The summed E-state index contributed by atoms with van der Waals surface area (Å²) in [6, 6.07) is 3.57. The number of rotatable bonds is 3. The SMILES string of the molecule is CN(CC1CC1)C1Cc2ccc(O)c3c2[C@H]2[C@@H](O3)C(=O)CC[C@@]12O. The maximum Gasteiger partial charge on any atom is 0.174 e. The number of nitrogens with zero attached hydrogens (tertiary/aromatic N) is 1. The zero-order valence-corrected chi connectivity index (χ0v) is 13.9. The van der Waals surface area contributed by atoms with Gasteiger partial charge in [0.05, 0.1) is 11.5 Å². The van der Waals surface area contributed by atoms with E-state index in [2.05, 4.69) is 11.9 Å². The summed E-state index contributed by atoms with van der Waals surface area (Å²) < 4.78 is 5.85. The van der Waals surface area contributed by atoms with Crippen molar-refractivity contribution in [2.24, 2.45) is 5.92 Å². The Morgan fingerprint density at radius 1 is 1.38 bits per heavy atom. The van der Waals surface area contributed by atoms with Gasteiger partial charge in [-0.3, -0.25) is 9.69 Å². The molecule has 2 saturated carbocycles. The molecule has 24 heavy (non-hydrogen) atoms. The van der Waals surface area contributed by atoms with Gasteiger partial charge in [0, 0.05) is 24.6 Å². The van der Waals surface area contributed by atoms with Crippen molar-refractivity contribution in [2.45, 2.75) is 55.8 Å². The summed E-state index contributed by atoms with van der Waals surface area (Å²) in [4.78, 5) is 14.7. The van der Waals surface area contributed by atoms with E-state index in [1.807, 2.05) is 6.07 Å². The smallest absolute Gasteiger partial charge is 0.174 e. The summed E-state index contributed by atoms with van der Waals surface area (Å²) >= 11 is 0. The average Bonchev–Trinajstić information content (AvgIpc) is 3.25. The van der Waals surface area contributed by atoms with Gasteiger partial charge in [-0.25, -0.2) is 0 Å². The van der Waals surface area contributed by atoms with E-state index < -0.39 is 11.7 Å². The van der Waals surface area contributed by atoms with Gasteiger partial charge in [0.2, 0.25) is 0 Å². The fraction of sp³-hybridized carbons (Fsp3) is 0.632. The molecule has 1 heterocycles. The Morgan fingerprint density at radius 2 is 2.17 bits per heavy atom. The lowest BCUT2D eigenvalue weighted by atomic mass is 9.61. The Bertz CT molecular complexity index is 728. The molecule has 5 heteroatoms. The molecule has 0 bridgehead atoms. The van der Waals surface area contributed by atoms with Crippen molar-refractivity contribution >= 4 is 5.78 Å². The minimum atomic E-state index is -0.964. The van der Waals surface area contributed by atoms with Crippen LogP contribution in [0.3, 0.4) is 0 Å². The first kappa shape index (κ1) is 14.7. The predicted octanol–water partition coefficient (Wildman–Crippen LogP) is 1.60. The molecule has 0 saturated heterocycles. The second-order valence-electron chi connectivity index (χ2n) is 8.06. The molecule has 4 aliphatic rings. The summed E-state index contributed by atoms with van der Waals surface area (Å²) in [5.74, 6) is 0.923. The van der Waals surface area contributed by atoms with Crippen molar-refractivity contribution < 1.29 is 19.7 Å². The van der Waals surface area contributed by atoms with Gasteiger partial charge in [0.15, 0.2) is 23.4 Å². The Kier molecular flexibility index (Phi) is 2.90. The fourth-order valence-corrected chi connectivity index (χ4v) is 5.13. The van der Waals surface area contributed by atoms with E-state index in [0.29, 0.717) is 18.6 Å². The van der Waals surface area contributed by atoms with E-state index in [-0.39, 0.29) is 23.5 Å². The number of carbonyl (C=O) groups is 1. The minimum absolute atomic E-state index is 0.00899. The molecule has 5 nitrogen and oxygen atoms in total. The lowest BCUT2D eigenvalue weighted by Gasteiger charge is -2.51. The minimum Gasteiger partial charge on any atom is -0.504 e. The third-order valence-corrected chi connectivity index (χ3v) is 6.52. The molecule has 3 aliphatic carbocycles. The number of benzene rings is 1. The molecule has 0 aromatic heterocycles. The van der Waals surface area contributed by atoms with Crippen LogP contribution in [0.25, 0.3) is 0 Å². The Morgan fingerprint density at radius 3 is 2.92 bits per heavy atom. The lowest BCUT2D eigenvalue weighted by molar-refractivity contribution is -0.146. The van der Waals surface area contributed by atoms with Crippen LogP contribution in [0.2, 0.25) is 0 Å². The molecular weight excluding hydrogens is 306 g/mol. The highest BCUT2D eigenvalue weighted by Gasteiger charge is 2.61. The monoisotopic (exact) mass is 329 g/mol. The second-order valence-corrected chi connectivity index (χ2v) is 8.06. The Balaban J connectivity index is 1.62. The third-order valence-electron chi connectivity index (χ3n) is 6.52. The fourth-order valence-electron chi connectivity index (χ4n) is 5.13. The molecule has 1 aromatic carbocycles. The van der Waals surface area contributed by atoms with Crippen LogP contribution < -0.4 is 4.74 Å². The number of ketones is 1. The van der Waals surface area contributed by atoms with Crippen LogP contribution in [-0.4, -0.2) is 52.2 Å². The van der Waals surface area contributed by atoms with Crippen LogP contribution in [0.15, 0.2) is 12.1 Å². The van der Waals surface area contributed by atoms with Crippen molar-refractivity contribution in [2.75, 3.05) is 13.6 Å². The van der Waals surface area contributed by atoms with E-state index in [0.717, 1.165) is 30.0 Å². The molecule has 128 valence electrons. The third kappa shape index (κ3) is 1.85. The van der Waals surface area contributed by atoms with Gasteiger partial charge in [-0.15, -0.1) is 0 Å². The number of aliphatic hydroxyl groups is 1. The zero-order valence-electron chi connectivity index (χ0n) is 13.9. The van der Waals surface area contributed by atoms with E-state index in [1.54, 1.807) is 6.07 Å². The molecule has 2 N–H and O–H groups in total. The number of hydrogen-bond acceptors (Lipinski definition) is 5. The number of likely N-dealkylation sites (N-methyl/N-ethyl adjacent to an activating group) is 1. The molecule has 2 fully saturated rings. The lowest BCUT2D eigenvalue weighted by Crippen LogP contribution is -2.63. The van der Waals surface area contributed by atoms with E-state index in [1.165, 1.54) is 12.8 Å². The van der Waals surface area contributed by atoms with Crippen LogP contribution in [0, 0.1) is 5.92 Å². The van der Waals surface area contributed by atoms with Gasteiger partial charge >= 0.3 is 0 Å². The topological polar surface area (TPSA) is 70.0 Å². The zero-order chi connectivity index (χ0) is 16.6. The Hall–Kier alpha value is -1.59. The number of hydrogen-bond donors (Lipinski definition) is 2. The largest absolute Gasteiger partial charge is 0.504 e. The van der Waals surface area contributed by atoms with Crippen LogP contribution in [0.1, 0.15) is 42.7 Å². The first-order valence-corrected chi connectivity index (χ1v) is 8.96. The van der Waals surface area contributed by atoms with Crippen molar-refractivity contribution in [3.8, 4) is 11.5 Å². The normalized spacial score (nSPS) is 36.6. The van der Waals surface area contributed by atoms with Crippen LogP contribution in [-0.2, 0) is 11.2 Å². The maximum atomic E-state index is 12.4. The average molecular weight is 329 g/mol. The van der Waals surface area contributed by atoms with Gasteiger partial charge in [0.25, 0.3) is 0 Å². The first-order chi connectivity index (χ1) is 11.5. The van der Waals surface area contributed by atoms with E-state index >= 15 is 0 Å². The second kappa shape index (κ2) is 4.73. The quantitative estimate of drug-likeness (QED) is 0.881. The number of carbonyl (C=O) groups excluding carboxylic acids is 1. The van der Waals surface area contributed by atoms with Crippen LogP contribution in [0.4, 0.5) is 0 Å². The molecule has 0 amide bonds. The molecule has 5 rings (SSSR count). The van der Waals surface area contributed by atoms with Crippen molar-refractivity contribution in [3.05, 3.63) is 23.3 Å². The Labute approximate surface area is 141 Å². The van der Waals surface area contributed by atoms with Crippen LogP contribution >= 0.6 is 0 Å². The number of ether oxygens (including phenoxy) is 1. The highest BCUT2D eigenvalue weighted by molar-refractivity contribution is 5.88. The summed E-state index contributed by atoms with van der Waals surface area (Å²) in [5.41, 5.74) is 1.00. The molecular formula is C19H23NO4. The van der Waals surface area contributed by atoms with Crippen molar-refractivity contribution in [3.63, 3.8) is 0 Å². The summed E-state index contributed by atoms with van der Waals surface area (Å²) in [7, 11) is 2.09. The van der Waals surface area contributed by atoms with Gasteiger partial charge in [-0.2, -0.15) is 0 Å². The van der Waals surface area contributed by atoms with Gasteiger partial charge in [-0.05, 0) is 50.3 Å². The number of aromatic hydroxyl groups is 1. The number of phenols is 1. The number of phenolic OH excluding ortho intramolecular Hbond substituents is 1. The molecule has 1 aliphatic heterocycles. The maximum absolute atomic E-state index is 12.4. The highest BCUT2D eigenvalue weighted by atomic mass is 16.5. The van der Waals surface area contributed by atoms with Crippen molar-refractivity contribution in [1.29, 1.82) is 0 Å².